The van der Waals surface area contributed by atoms with Crippen molar-refractivity contribution in [3.05, 3.63) is 182 Å². The molecule has 0 spiro atoms. The highest BCUT2D eigenvalue weighted by Gasteiger charge is 2.19. The van der Waals surface area contributed by atoms with Crippen LogP contribution in [-0.4, -0.2) is 19.5 Å². The molecule has 8 aromatic carbocycles. The van der Waals surface area contributed by atoms with E-state index in [9.17, 15) is 0 Å². The van der Waals surface area contributed by atoms with Gasteiger partial charge in [0.15, 0.2) is 17.5 Å². The largest absolute Gasteiger partial charge is 0.456 e. The lowest BCUT2D eigenvalue weighted by molar-refractivity contribution is 0.669. The zero-order valence-corrected chi connectivity index (χ0v) is 31.2. The van der Waals surface area contributed by atoms with Crippen LogP contribution >= 0.6 is 11.3 Å². The van der Waals surface area contributed by atoms with Crippen LogP contribution in [0.3, 0.4) is 0 Å². The Morgan fingerprint density at radius 1 is 0.368 bits per heavy atom. The number of furan rings is 1. The van der Waals surface area contributed by atoms with E-state index in [0.29, 0.717) is 17.5 Å². The average molecular weight is 747 g/mol. The van der Waals surface area contributed by atoms with Gasteiger partial charge < -0.3 is 8.98 Å². The van der Waals surface area contributed by atoms with Crippen molar-refractivity contribution in [3.63, 3.8) is 0 Å². The summed E-state index contributed by atoms with van der Waals surface area (Å²) in [6.07, 6.45) is 0. The Labute approximate surface area is 330 Å². The molecule has 57 heavy (non-hydrogen) atoms. The lowest BCUT2D eigenvalue weighted by Crippen LogP contribution is -2.00. The summed E-state index contributed by atoms with van der Waals surface area (Å²) in [5.41, 5.74) is 10.2. The summed E-state index contributed by atoms with van der Waals surface area (Å²) in [6, 6.07) is 63.8. The van der Waals surface area contributed by atoms with Crippen molar-refractivity contribution in [3.8, 4) is 51.0 Å². The summed E-state index contributed by atoms with van der Waals surface area (Å²) in [5, 5.41) is 7.26. The van der Waals surface area contributed by atoms with Crippen molar-refractivity contribution >= 4 is 75.3 Å². The second kappa shape index (κ2) is 12.6. The molecule has 6 heteroatoms. The molecule has 0 fully saturated rings. The molecule has 0 aliphatic heterocycles. The zero-order chi connectivity index (χ0) is 37.5. The van der Waals surface area contributed by atoms with E-state index < -0.39 is 0 Å². The van der Waals surface area contributed by atoms with Crippen molar-refractivity contribution in [1.29, 1.82) is 0 Å². The first kappa shape index (κ1) is 31.9. The zero-order valence-electron chi connectivity index (χ0n) is 30.4. The molecule has 0 atom stereocenters. The van der Waals surface area contributed by atoms with Gasteiger partial charge in [-0.25, -0.2) is 15.0 Å². The fraction of sp³-hybridized carbons (Fsp3) is 0. The van der Waals surface area contributed by atoms with Gasteiger partial charge in [-0.2, -0.15) is 0 Å². The summed E-state index contributed by atoms with van der Waals surface area (Å²) in [6.45, 7) is 0. The fourth-order valence-electron chi connectivity index (χ4n) is 8.38. The molecule has 4 heterocycles. The minimum absolute atomic E-state index is 0.604. The number of hydrogen-bond acceptors (Lipinski definition) is 5. The minimum atomic E-state index is 0.604. The SMILES string of the molecule is c1ccc(-c2ccc(-c3nc(-c4ccc(-n5c6ccccc6c6c7c(ccc65)sc5ccccc57)cc4)nc(-c4ccc5oc6ccccc6c5c4)n3)cc2)cc1. The molecule has 0 aliphatic carbocycles. The molecule has 0 N–H and O–H groups in total. The topological polar surface area (TPSA) is 56.7 Å². The maximum atomic E-state index is 6.15. The van der Waals surface area contributed by atoms with Crippen molar-refractivity contribution < 1.29 is 4.42 Å². The molecule has 12 rings (SSSR count). The van der Waals surface area contributed by atoms with Gasteiger partial charge in [0.1, 0.15) is 11.2 Å². The summed E-state index contributed by atoms with van der Waals surface area (Å²) in [5.74, 6) is 1.83. The molecule has 0 bridgehead atoms. The van der Waals surface area contributed by atoms with Crippen molar-refractivity contribution in [2.75, 3.05) is 0 Å². The summed E-state index contributed by atoms with van der Waals surface area (Å²) in [7, 11) is 0. The third-order valence-electron chi connectivity index (χ3n) is 11.1. The number of para-hydroxylation sites is 2. The van der Waals surface area contributed by atoms with Crippen molar-refractivity contribution in [1.82, 2.24) is 19.5 Å². The minimum Gasteiger partial charge on any atom is -0.456 e. The van der Waals surface area contributed by atoms with E-state index >= 15 is 0 Å². The molecule has 4 aromatic heterocycles. The summed E-state index contributed by atoms with van der Waals surface area (Å²) < 4.78 is 11.1. The lowest BCUT2D eigenvalue weighted by atomic mass is 10.0. The van der Waals surface area contributed by atoms with Crippen molar-refractivity contribution in [2.24, 2.45) is 0 Å². The van der Waals surface area contributed by atoms with E-state index in [4.69, 9.17) is 19.4 Å². The van der Waals surface area contributed by atoms with E-state index in [1.165, 1.54) is 42.0 Å². The maximum absolute atomic E-state index is 6.15. The molecule has 0 aliphatic rings. The Morgan fingerprint density at radius 3 is 1.74 bits per heavy atom. The number of nitrogens with zero attached hydrogens (tertiary/aromatic N) is 4. The number of fused-ring (bicyclic) bond motifs is 10. The van der Waals surface area contributed by atoms with Crippen LogP contribution in [-0.2, 0) is 0 Å². The van der Waals surface area contributed by atoms with Crippen LogP contribution in [0.2, 0.25) is 0 Å². The first-order chi connectivity index (χ1) is 28.2. The van der Waals surface area contributed by atoms with Crippen LogP contribution in [0.4, 0.5) is 0 Å². The third kappa shape index (κ3) is 5.12. The van der Waals surface area contributed by atoms with Crippen LogP contribution in [0.5, 0.6) is 0 Å². The van der Waals surface area contributed by atoms with Crippen LogP contribution in [0, 0.1) is 0 Å². The van der Waals surface area contributed by atoms with Gasteiger partial charge in [-0.15, -0.1) is 11.3 Å². The molecular formula is C51H30N4OS. The molecule has 0 saturated heterocycles. The van der Waals surface area contributed by atoms with Gasteiger partial charge in [0, 0.05) is 64.1 Å². The van der Waals surface area contributed by atoms with Gasteiger partial charge in [0.25, 0.3) is 0 Å². The number of aromatic nitrogens is 4. The van der Waals surface area contributed by atoms with Gasteiger partial charge >= 0.3 is 0 Å². The number of rotatable bonds is 5. The van der Waals surface area contributed by atoms with Gasteiger partial charge in [-0.3, -0.25) is 0 Å². The van der Waals surface area contributed by atoms with E-state index in [1.807, 2.05) is 47.7 Å². The van der Waals surface area contributed by atoms with E-state index in [2.05, 4.69) is 150 Å². The Bertz CT molecular complexity index is 3510. The van der Waals surface area contributed by atoms with E-state index in [1.54, 1.807) is 0 Å². The molecule has 0 radical (unpaired) electrons. The Balaban J connectivity index is 1.01. The highest BCUT2D eigenvalue weighted by Crippen LogP contribution is 2.43. The van der Waals surface area contributed by atoms with Gasteiger partial charge in [0.2, 0.25) is 0 Å². The monoisotopic (exact) mass is 746 g/mol. The quantitative estimate of drug-likeness (QED) is 0.176. The summed E-state index contributed by atoms with van der Waals surface area (Å²) >= 11 is 1.86. The highest BCUT2D eigenvalue weighted by atomic mass is 32.1. The first-order valence-electron chi connectivity index (χ1n) is 19.0. The predicted molar refractivity (Wildman–Crippen MR) is 236 cm³/mol. The summed E-state index contributed by atoms with van der Waals surface area (Å²) in [4.78, 5) is 15.3. The molecule has 0 amide bonds. The second-order valence-electron chi connectivity index (χ2n) is 14.4. The van der Waals surface area contributed by atoms with Crippen LogP contribution in [0.25, 0.3) is 115 Å². The Morgan fingerprint density at radius 2 is 0.947 bits per heavy atom. The van der Waals surface area contributed by atoms with Gasteiger partial charge in [-0.1, -0.05) is 109 Å². The maximum Gasteiger partial charge on any atom is 0.164 e. The first-order valence-corrected chi connectivity index (χ1v) is 19.8. The smallest absolute Gasteiger partial charge is 0.164 e. The van der Waals surface area contributed by atoms with E-state index in [-0.39, 0.29) is 0 Å². The molecule has 12 aromatic rings. The van der Waals surface area contributed by atoms with Crippen molar-refractivity contribution in [2.45, 2.75) is 0 Å². The average Bonchev–Trinajstić information content (AvgIpc) is 3.96. The Kier molecular flexibility index (Phi) is 7.03. The highest BCUT2D eigenvalue weighted by molar-refractivity contribution is 7.26. The number of hydrogen-bond donors (Lipinski definition) is 0. The fourth-order valence-corrected chi connectivity index (χ4v) is 9.50. The standard InChI is InChI=1S/C51H30N4OS/c1-2-10-31(11-3-1)32-18-20-33(21-19-32)49-52-50(54-51(53-49)35-24-28-44-40(30-35)37-12-5-8-16-43(37)56-44)34-22-25-36(26-23-34)55-41-15-7-4-13-38(41)47-42(55)27-29-46-48(47)39-14-6-9-17-45(39)57-46/h1-30H. The van der Waals surface area contributed by atoms with Crippen LogP contribution in [0.1, 0.15) is 0 Å². The van der Waals surface area contributed by atoms with Crippen LogP contribution < -0.4 is 0 Å². The molecule has 266 valence electrons. The molecule has 0 unspecified atom stereocenters. The van der Waals surface area contributed by atoms with Gasteiger partial charge in [0.05, 0.1) is 11.0 Å². The predicted octanol–water partition coefficient (Wildman–Crippen LogP) is 13.9. The molecule has 0 saturated carbocycles. The molecule has 5 nitrogen and oxygen atoms in total. The van der Waals surface area contributed by atoms with Gasteiger partial charge in [-0.05, 0) is 83.9 Å². The third-order valence-corrected chi connectivity index (χ3v) is 12.2. The van der Waals surface area contributed by atoms with E-state index in [0.717, 1.165) is 55.4 Å². The van der Waals surface area contributed by atoms with Crippen LogP contribution in [0.15, 0.2) is 186 Å². The number of benzene rings is 8. The number of thiophene rings is 1. The lowest BCUT2D eigenvalue weighted by Gasteiger charge is -2.11. The normalized spacial score (nSPS) is 11.9. The molecular weight excluding hydrogens is 717 g/mol. The second-order valence-corrected chi connectivity index (χ2v) is 15.5. The Hall–Kier alpha value is -7.41.